The second-order valence-electron chi connectivity index (χ2n) is 5.03. The maximum atomic E-state index is 11.9. The number of nitrogens with one attached hydrogen (secondary N) is 1. The molecule has 2 heterocycles. The molecule has 0 radical (unpaired) electrons. The molecule has 1 aromatic heterocycles. The molecule has 1 amide bonds. The average molecular weight is 358 g/mol. The lowest BCUT2D eigenvalue weighted by Crippen LogP contribution is -2.37. The lowest BCUT2D eigenvalue weighted by Gasteiger charge is -2.16. The standard InChI is InChI=1S/C12H10N2O5.CH4O3S/c15-6-2-1-3-13-8(6)12(18)14-5-4-7(16)10-11(19-10)9(5)17;1-5(2,3)4/h1-4,9-11,15,17H,(H,14,18);1H3,(H,2,3,4). The summed E-state index contributed by atoms with van der Waals surface area (Å²) in [5, 5.41) is 21.7. The summed E-state index contributed by atoms with van der Waals surface area (Å²) in [5.74, 6) is -1.27. The fourth-order valence-electron chi connectivity index (χ4n) is 1.96. The van der Waals surface area contributed by atoms with Crippen LogP contribution in [0.15, 0.2) is 30.1 Å². The summed E-state index contributed by atoms with van der Waals surface area (Å²) in [5.41, 5.74) is -0.124. The minimum atomic E-state index is -3.67. The molecule has 24 heavy (non-hydrogen) atoms. The molecule has 1 fully saturated rings. The Morgan fingerprint density at radius 3 is 2.62 bits per heavy atom. The zero-order valence-corrected chi connectivity index (χ0v) is 13.1. The summed E-state index contributed by atoms with van der Waals surface area (Å²) in [6.07, 6.45) is 0.955. The number of carbonyl (C=O) groups excluding carboxylic acids is 2. The molecule has 3 unspecified atom stereocenters. The molecule has 2 aliphatic rings. The zero-order valence-electron chi connectivity index (χ0n) is 12.3. The van der Waals surface area contributed by atoms with Gasteiger partial charge in [-0.25, -0.2) is 4.98 Å². The smallest absolute Gasteiger partial charge is 0.277 e. The molecule has 130 valence electrons. The van der Waals surface area contributed by atoms with Gasteiger partial charge in [-0.2, -0.15) is 8.42 Å². The number of fused-ring (bicyclic) bond motifs is 1. The van der Waals surface area contributed by atoms with E-state index < -0.39 is 34.3 Å². The van der Waals surface area contributed by atoms with Crippen LogP contribution in [0.4, 0.5) is 0 Å². The predicted molar refractivity (Wildman–Crippen MR) is 78.6 cm³/mol. The number of epoxide rings is 1. The van der Waals surface area contributed by atoms with Crippen molar-refractivity contribution in [1.29, 1.82) is 0 Å². The predicted octanol–water partition coefficient (Wildman–Crippen LogP) is -1.38. The largest absolute Gasteiger partial charge is 0.505 e. The first-order chi connectivity index (χ1) is 11.1. The first kappa shape index (κ1) is 18.0. The number of ether oxygens (including phenoxy) is 1. The quantitative estimate of drug-likeness (QED) is 0.368. The zero-order chi connectivity index (χ0) is 18.1. The van der Waals surface area contributed by atoms with Crippen molar-refractivity contribution in [2.45, 2.75) is 18.3 Å². The Hall–Kier alpha value is -2.34. The van der Waals surface area contributed by atoms with Crippen LogP contribution in [0.2, 0.25) is 0 Å². The first-order valence-electron chi connectivity index (χ1n) is 6.54. The topological polar surface area (TPSA) is 166 Å². The van der Waals surface area contributed by atoms with Gasteiger partial charge in [0.1, 0.15) is 24.1 Å². The number of amides is 1. The third kappa shape index (κ3) is 4.58. The second kappa shape index (κ2) is 6.65. The van der Waals surface area contributed by atoms with Crippen molar-refractivity contribution in [2.75, 3.05) is 6.26 Å². The maximum absolute atomic E-state index is 11.9. The van der Waals surface area contributed by atoms with Gasteiger partial charge >= 0.3 is 0 Å². The molecular weight excluding hydrogens is 344 g/mol. The van der Waals surface area contributed by atoms with E-state index in [1.807, 2.05) is 0 Å². The fraction of sp³-hybridized carbons (Fsp3) is 0.308. The van der Waals surface area contributed by atoms with Crippen molar-refractivity contribution >= 4 is 21.8 Å². The van der Waals surface area contributed by atoms with E-state index in [0.29, 0.717) is 6.26 Å². The van der Waals surface area contributed by atoms with Gasteiger partial charge in [0.15, 0.2) is 11.5 Å². The Kier molecular flexibility index (Phi) is 4.99. The summed E-state index contributed by atoms with van der Waals surface area (Å²) in [7, 11) is -3.67. The van der Waals surface area contributed by atoms with E-state index >= 15 is 0 Å². The third-order valence-electron chi connectivity index (χ3n) is 2.99. The van der Waals surface area contributed by atoms with Crippen LogP contribution >= 0.6 is 0 Å². The number of ketones is 1. The van der Waals surface area contributed by atoms with Crippen molar-refractivity contribution in [3.63, 3.8) is 0 Å². The van der Waals surface area contributed by atoms with Crippen molar-refractivity contribution in [1.82, 2.24) is 10.3 Å². The minimum absolute atomic E-state index is 0.0544. The Morgan fingerprint density at radius 2 is 2.04 bits per heavy atom. The van der Waals surface area contributed by atoms with E-state index in [1.165, 1.54) is 18.3 Å². The molecule has 0 saturated carbocycles. The Labute approximate surface area is 136 Å². The van der Waals surface area contributed by atoms with Gasteiger partial charge < -0.3 is 20.3 Å². The van der Waals surface area contributed by atoms with Crippen molar-refractivity contribution < 1.29 is 37.5 Å². The monoisotopic (exact) mass is 358 g/mol. The number of aliphatic hydroxyl groups is 1. The van der Waals surface area contributed by atoms with Crippen LogP contribution in [0.25, 0.3) is 0 Å². The highest BCUT2D eigenvalue weighted by Gasteiger charge is 2.53. The van der Waals surface area contributed by atoms with Crippen molar-refractivity contribution in [3.8, 4) is 5.75 Å². The number of nitrogens with zero attached hydrogens (tertiary/aromatic N) is 1. The number of hydrogen-bond donors (Lipinski definition) is 4. The number of rotatable bonds is 2. The first-order valence-corrected chi connectivity index (χ1v) is 8.39. The molecule has 4 N–H and O–H groups in total. The number of aromatic hydroxyl groups is 1. The van der Waals surface area contributed by atoms with Gasteiger partial charge in [-0.3, -0.25) is 14.1 Å². The normalized spacial score (nSPS) is 24.9. The van der Waals surface area contributed by atoms with Gasteiger partial charge in [0.05, 0.1) is 12.0 Å². The van der Waals surface area contributed by atoms with Crippen LogP contribution < -0.4 is 5.32 Å². The summed E-state index contributed by atoms with van der Waals surface area (Å²) < 4.78 is 30.8. The summed E-state index contributed by atoms with van der Waals surface area (Å²) in [6, 6.07) is 2.80. The molecule has 11 heteroatoms. The molecular formula is C13H14N2O8S. The lowest BCUT2D eigenvalue weighted by atomic mass is 10.0. The van der Waals surface area contributed by atoms with Gasteiger partial charge in [0, 0.05) is 12.3 Å². The number of pyridine rings is 1. The molecule has 0 spiro atoms. The number of aliphatic hydroxyl groups excluding tert-OH is 1. The van der Waals surface area contributed by atoms with Crippen LogP contribution in [-0.4, -0.2) is 64.4 Å². The lowest BCUT2D eigenvalue weighted by molar-refractivity contribution is -0.116. The molecule has 1 saturated heterocycles. The highest BCUT2D eigenvalue weighted by atomic mass is 32.2. The third-order valence-corrected chi connectivity index (χ3v) is 2.99. The fourth-order valence-corrected chi connectivity index (χ4v) is 1.96. The van der Waals surface area contributed by atoms with Crippen LogP contribution in [-0.2, 0) is 19.6 Å². The molecule has 1 aliphatic heterocycles. The molecule has 1 aromatic rings. The Bertz CT molecular complexity index is 796. The number of aromatic nitrogens is 1. The van der Waals surface area contributed by atoms with E-state index in [1.54, 1.807) is 0 Å². The van der Waals surface area contributed by atoms with Gasteiger partial charge in [0.2, 0.25) is 0 Å². The molecule has 1 aliphatic carbocycles. The minimum Gasteiger partial charge on any atom is -0.505 e. The van der Waals surface area contributed by atoms with Crippen molar-refractivity contribution in [2.24, 2.45) is 0 Å². The van der Waals surface area contributed by atoms with Crippen LogP contribution in [0.5, 0.6) is 5.75 Å². The van der Waals surface area contributed by atoms with Gasteiger partial charge in [-0.05, 0) is 12.1 Å². The SMILES string of the molecule is CS(=O)(=O)O.O=C(NC1=CC(=O)C2OC2C1O)c1ncccc1O. The maximum Gasteiger partial charge on any atom is 0.277 e. The number of hydrogen-bond acceptors (Lipinski definition) is 8. The van der Waals surface area contributed by atoms with E-state index in [-0.39, 0.29) is 22.9 Å². The Morgan fingerprint density at radius 1 is 1.42 bits per heavy atom. The molecule has 3 rings (SSSR count). The summed E-state index contributed by atoms with van der Waals surface area (Å²) >= 11 is 0. The average Bonchev–Trinajstić information content (AvgIpc) is 3.24. The molecule has 0 bridgehead atoms. The molecule has 10 nitrogen and oxygen atoms in total. The summed E-state index contributed by atoms with van der Waals surface area (Å²) in [4.78, 5) is 27.0. The van der Waals surface area contributed by atoms with Gasteiger partial charge in [0.25, 0.3) is 16.0 Å². The second-order valence-corrected chi connectivity index (χ2v) is 6.49. The van der Waals surface area contributed by atoms with E-state index in [4.69, 9.17) is 9.29 Å². The van der Waals surface area contributed by atoms with Gasteiger partial charge in [-0.15, -0.1) is 0 Å². The van der Waals surface area contributed by atoms with Gasteiger partial charge in [-0.1, -0.05) is 0 Å². The highest BCUT2D eigenvalue weighted by Crippen LogP contribution is 2.33. The molecule has 3 atom stereocenters. The summed E-state index contributed by atoms with van der Waals surface area (Å²) in [6.45, 7) is 0. The number of carbonyl (C=O) groups is 2. The van der Waals surface area contributed by atoms with Crippen LogP contribution in [0.3, 0.4) is 0 Å². The van der Waals surface area contributed by atoms with Crippen LogP contribution in [0.1, 0.15) is 10.5 Å². The highest BCUT2D eigenvalue weighted by molar-refractivity contribution is 7.85. The van der Waals surface area contributed by atoms with E-state index in [9.17, 15) is 28.2 Å². The van der Waals surface area contributed by atoms with E-state index in [0.717, 1.165) is 6.08 Å². The van der Waals surface area contributed by atoms with E-state index in [2.05, 4.69) is 10.3 Å². The Balaban J connectivity index is 0.000000368. The van der Waals surface area contributed by atoms with Crippen molar-refractivity contribution in [3.05, 3.63) is 35.8 Å². The van der Waals surface area contributed by atoms with Crippen LogP contribution in [0, 0.1) is 0 Å². The molecule has 0 aromatic carbocycles.